The van der Waals surface area contributed by atoms with Gasteiger partial charge in [0, 0.05) is 12.5 Å². The molecule has 188 valence electrons. The molecule has 2 amide bonds. The van der Waals surface area contributed by atoms with E-state index in [9.17, 15) is 19.5 Å². The summed E-state index contributed by atoms with van der Waals surface area (Å²) in [7, 11) is 3.67. The molecular weight excluding hydrogens is 446 g/mol. The summed E-state index contributed by atoms with van der Waals surface area (Å²) in [5, 5.41) is 14.7. The van der Waals surface area contributed by atoms with Gasteiger partial charge in [0.25, 0.3) is 0 Å². The molecule has 8 nitrogen and oxygen atoms in total. The summed E-state index contributed by atoms with van der Waals surface area (Å²) in [5.41, 5.74) is 4.48. The van der Waals surface area contributed by atoms with Crippen LogP contribution in [0.25, 0.3) is 11.1 Å². The second kappa shape index (κ2) is 12.4. The molecule has 0 saturated carbocycles. The normalized spacial score (nSPS) is 14.1. The lowest BCUT2D eigenvalue weighted by Crippen LogP contribution is -2.52. The Morgan fingerprint density at radius 1 is 0.943 bits per heavy atom. The summed E-state index contributed by atoms with van der Waals surface area (Å²) in [6.45, 7) is 2.64. The van der Waals surface area contributed by atoms with Crippen LogP contribution in [0.3, 0.4) is 0 Å². The highest BCUT2D eigenvalue weighted by molar-refractivity contribution is 5.89. The molecule has 0 aromatic heterocycles. The molecule has 3 N–H and O–H groups in total. The number of amides is 2. The zero-order chi connectivity index (χ0) is 25.4. The third kappa shape index (κ3) is 6.82. The molecular formula is C27H35N3O5. The Kier molecular flexibility index (Phi) is 9.25. The SMILES string of the molecule is CCCCC(NC(=O)OCC1c2ccccc2-c2ccccc21)C(=O)NC(CCN(C)C)C(=O)O. The molecule has 0 radical (unpaired) electrons. The number of unbranched alkanes of at least 4 members (excludes halogenated alkanes) is 1. The maximum atomic E-state index is 12.9. The van der Waals surface area contributed by atoms with Crippen molar-refractivity contribution >= 4 is 18.0 Å². The first-order valence-electron chi connectivity index (χ1n) is 12.1. The molecule has 1 aliphatic rings. The molecule has 0 bridgehead atoms. The van der Waals surface area contributed by atoms with Gasteiger partial charge in [-0.2, -0.15) is 0 Å². The minimum atomic E-state index is -1.10. The number of carbonyl (C=O) groups excluding carboxylic acids is 2. The second-order valence-corrected chi connectivity index (χ2v) is 9.16. The lowest BCUT2D eigenvalue weighted by Gasteiger charge is -2.22. The van der Waals surface area contributed by atoms with Gasteiger partial charge in [0.05, 0.1) is 0 Å². The highest BCUT2D eigenvalue weighted by Gasteiger charge is 2.30. The Morgan fingerprint density at radius 3 is 2.09 bits per heavy atom. The number of rotatable bonds is 12. The fourth-order valence-electron chi connectivity index (χ4n) is 4.38. The number of carboxylic acid groups (broad SMARTS) is 1. The fourth-order valence-corrected chi connectivity index (χ4v) is 4.38. The van der Waals surface area contributed by atoms with E-state index in [0.29, 0.717) is 19.4 Å². The van der Waals surface area contributed by atoms with Gasteiger partial charge >= 0.3 is 12.1 Å². The van der Waals surface area contributed by atoms with Crippen molar-refractivity contribution < 1.29 is 24.2 Å². The van der Waals surface area contributed by atoms with Crippen molar-refractivity contribution in [3.8, 4) is 11.1 Å². The van der Waals surface area contributed by atoms with Gasteiger partial charge in [-0.1, -0.05) is 68.3 Å². The molecule has 0 aliphatic heterocycles. The van der Waals surface area contributed by atoms with Crippen molar-refractivity contribution in [2.24, 2.45) is 0 Å². The first kappa shape index (κ1) is 26.2. The number of nitrogens with one attached hydrogen (secondary N) is 2. The minimum absolute atomic E-state index is 0.0847. The number of nitrogens with zero attached hydrogens (tertiary/aromatic N) is 1. The van der Waals surface area contributed by atoms with Gasteiger partial charge in [0.1, 0.15) is 18.7 Å². The van der Waals surface area contributed by atoms with Crippen molar-refractivity contribution in [2.75, 3.05) is 27.2 Å². The Labute approximate surface area is 206 Å². The van der Waals surface area contributed by atoms with Crippen molar-refractivity contribution in [3.63, 3.8) is 0 Å². The average molecular weight is 482 g/mol. The summed E-state index contributed by atoms with van der Waals surface area (Å²) in [4.78, 5) is 39.0. The first-order chi connectivity index (χ1) is 16.8. The number of carboxylic acids is 1. The van der Waals surface area contributed by atoms with Gasteiger partial charge in [-0.3, -0.25) is 4.79 Å². The second-order valence-electron chi connectivity index (χ2n) is 9.16. The van der Waals surface area contributed by atoms with Crippen LogP contribution in [0, 0.1) is 0 Å². The number of alkyl carbamates (subject to hydrolysis) is 1. The predicted octanol–water partition coefficient (Wildman–Crippen LogP) is 3.61. The molecule has 0 fully saturated rings. The number of carbonyl (C=O) groups is 3. The van der Waals surface area contributed by atoms with Crippen molar-refractivity contribution in [1.82, 2.24) is 15.5 Å². The van der Waals surface area contributed by atoms with E-state index in [2.05, 4.69) is 22.8 Å². The van der Waals surface area contributed by atoms with Crippen LogP contribution in [0.5, 0.6) is 0 Å². The van der Waals surface area contributed by atoms with E-state index in [0.717, 1.165) is 28.7 Å². The van der Waals surface area contributed by atoms with Crippen LogP contribution in [-0.4, -0.2) is 67.3 Å². The lowest BCUT2D eigenvalue weighted by molar-refractivity contribution is -0.142. The predicted molar refractivity (Wildman–Crippen MR) is 134 cm³/mol. The molecule has 2 unspecified atom stereocenters. The summed E-state index contributed by atoms with van der Waals surface area (Å²) in [6.07, 6.45) is 1.51. The topological polar surface area (TPSA) is 108 Å². The quantitative estimate of drug-likeness (QED) is 0.428. The molecule has 1 aliphatic carbocycles. The van der Waals surface area contributed by atoms with Gasteiger partial charge in [0.15, 0.2) is 0 Å². The summed E-state index contributed by atoms with van der Waals surface area (Å²) in [5.74, 6) is -1.70. The van der Waals surface area contributed by atoms with E-state index >= 15 is 0 Å². The zero-order valence-electron chi connectivity index (χ0n) is 20.6. The van der Waals surface area contributed by atoms with Gasteiger partial charge < -0.3 is 25.4 Å². The van der Waals surface area contributed by atoms with E-state index in [1.807, 2.05) is 62.3 Å². The first-order valence-corrected chi connectivity index (χ1v) is 12.1. The highest BCUT2D eigenvalue weighted by atomic mass is 16.5. The maximum absolute atomic E-state index is 12.9. The Morgan fingerprint density at radius 2 is 1.54 bits per heavy atom. The number of fused-ring (bicyclic) bond motifs is 3. The molecule has 2 aromatic rings. The minimum Gasteiger partial charge on any atom is -0.480 e. The van der Waals surface area contributed by atoms with Crippen LogP contribution >= 0.6 is 0 Å². The molecule has 3 rings (SSSR count). The number of hydrogen-bond donors (Lipinski definition) is 3. The van der Waals surface area contributed by atoms with Gasteiger partial charge in [0.2, 0.25) is 5.91 Å². The number of aliphatic carboxylic acids is 1. The standard InChI is InChI=1S/C27H35N3O5/c1-4-5-14-23(25(31)28-24(26(32)33)15-16-30(2)3)29-27(34)35-17-22-20-12-8-6-10-18(20)19-11-7-9-13-21(19)22/h6-13,22-24H,4-5,14-17H2,1-3H3,(H,28,31)(H,29,34)(H,32,33). The fraction of sp³-hybridized carbons (Fsp3) is 0.444. The molecule has 0 heterocycles. The van der Waals surface area contributed by atoms with Crippen molar-refractivity contribution in [2.45, 2.75) is 50.6 Å². The molecule has 35 heavy (non-hydrogen) atoms. The zero-order valence-corrected chi connectivity index (χ0v) is 20.6. The van der Waals surface area contributed by atoms with E-state index in [1.54, 1.807) is 0 Å². The Balaban J connectivity index is 1.63. The van der Waals surface area contributed by atoms with E-state index in [-0.39, 0.29) is 18.9 Å². The maximum Gasteiger partial charge on any atom is 0.407 e. The Hall–Kier alpha value is -3.39. The van der Waals surface area contributed by atoms with Crippen LogP contribution in [0.4, 0.5) is 4.79 Å². The van der Waals surface area contributed by atoms with Gasteiger partial charge in [-0.15, -0.1) is 0 Å². The van der Waals surface area contributed by atoms with Gasteiger partial charge in [-0.05, 0) is 49.2 Å². The molecule has 0 saturated heterocycles. The summed E-state index contributed by atoms with van der Waals surface area (Å²) in [6, 6.07) is 14.2. The van der Waals surface area contributed by atoms with E-state index in [1.165, 1.54) is 0 Å². The Bertz CT molecular complexity index is 993. The molecule has 8 heteroatoms. The third-order valence-corrected chi connectivity index (χ3v) is 6.28. The van der Waals surface area contributed by atoms with Crippen molar-refractivity contribution in [1.29, 1.82) is 0 Å². The number of benzene rings is 2. The van der Waals surface area contributed by atoms with Crippen molar-refractivity contribution in [3.05, 3.63) is 59.7 Å². The summed E-state index contributed by atoms with van der Waals surface area (Å²) >= 11 is 0. The molecule has 2 atom stereocenters. The van der Waals surface area contributed by atoms with Crippen LogP contribution in [0.1, 0.15) is 49.7 Å². The van der Waals surface area contributed by atoms with Gasteiger partial charge in [-0.25, -0.2) is 9.59 Å². The van der Waals surface area contributed by atoms with Crippen LogP contribution in [0.15, 0.2) is 48.5 Å². The largest absolute Gasteiger partial charge is 0.480 e. The number of hydrogen-bond acceptors (Lipinski definition) is 5. The molecule has 0 spiro atoms. The van der Waals surface area contributed by atoms with Crippen LogP contribution < -0.4 is 10.6 Å². The third-order valence-electron chi connectivity index (χ3n) is 6.28. The summed E-state index contributed by atoms with van der Waals surface area (Å²) < 4.78 is 5.58. The van der Waals surface area contributed by atoms with Crippen LogP contribution in [0.2, 0.25) is 0 Å². The average Bonchev–Trinajstić information content (AvgIpc) is 3.16. The van der Waals surface area contributed by atoms with E-state index < -0.39 is 30.1 Å². The molecule has 2 aromatic carbocycles. The van der Waals surface area contributed by atoms with Crippen LogP contribution in [-0.2, 0) is 14.3 Å². The monoisotopic (exact) mass is 481 g/mol. The smallest absolute Gasteiger partial charge is 0.407 e. The number of ether oxygens (including phenoxy) is 1. The highest BCUT2D eigenvalue weighted by Crippen LogP contribution is 2.44. The lowest BCUT2D eigenvalue weighted by atomic mass is 9.98. The van der Waals surface area contributed by atoms with E-state index in [4.69, 9.17) is 4.74 Å².